The molecule has 1 N–H and O–H groups in total. The summed E-state index contributed by atoms with van der Waals surface area (Å²) in [5.74, 6) is 0.0595. The normalized spacial score (nSPS) is 24.9. The van der Waals surface area contributed by atoms with Gasteiger partial charge in [0.2, 0.25) is 0 Å². The molecule has 1 aliphatic rings. The summed E-state index contributed by atoms with van der Waals surface area (Å²) in [6.07, 6.45) is 4.88. The van der Waals surface area contributed by atoms with E-state index in [1.807, 2.05) is 6.92 Å². The van der Waals surface area contributed by atoms with Crippen molar-refractivity contribution in [1.82, 2.24) is 5.32 Å². The first kappa shape index (κ1) is 15.4. The molecule has 2 rings (SSSR count). The molecular formula is C17H25F2N. The van der Waals surface area contributed by atoms with E-state index in [0.717, 1.165) is 17.4 Å². The van der Waals surface area contributed by atoms with Gasteiger partial charge in [0.1, 0.15) is 0 Å². The average Bonchev–Trinajstić information content (AvgIpc) is 2.42. The van der Waals surface area contributed by atoms with Gasteiger partial charge in [-0.1, -0.05) is 19.9 Å². The number of hydrogen-bond donors (Lipinski definition) is 1. The minimum atomic E-state index is -0.779. The van der Waals surface area contributed by atoms with Gasteiger partial charge in [-0.25, -0.2) is 8.78 Å². The summed E-state index contributed by atoms with van der Waals surface area (Å²) in [4.78, 5) is 0. The molecule has 0 bridgehead atoms. The number of nitrogens with one attached hydrogen (secondary N) is 1. The van der Waals surface area contributed by atoms with Crippen molar-refractivity contribution < 1.29 is 8.78 Å². The average molecular weight is 281 g/mol. The second-order valence-electron chi connectivity index (χ2n) is 6.42. The molecule has 0 aliphatic heterocycles. The van der Waals surface area contributed by atoms with Gasteiger partial charge in [0.05, 0.1) is 0 Å². The van der Waals surface area contributed by atoms with Gasteiger partial charge >= 0.3 is 0 Å². The fraction of sp³-hybridized carbons (Fsp3) is 0.647. The molecule has 1 fully saturated rings. The van der Waals surface area contributed by atoms with E-state index in [9.17, 15) is 8.78 Å². The molecule has 1 atom stereocenters. The van der Waals surface area contributed by atoms with Crippen molar-refractivity contribution >= 4 is 0 Å². The lowest BCUT2D eigenvalue weighted by molar-refractivity contribution is 0.231. The maximum atomic E-state index is 13.3. The summed E-state index contributed by atoms with van der Waals surface area (Å²) in [6.45, 7) is 6.60. The Kier molecular flexibility index (Phi) is 5.14. The van der Waals surface area contributed by atoms with Crippen LogP contribution in [-0.2, 0) is 0 Å². The Balaban J connectivity index is 1.89. The minimum absolute atomic E-state index is 0.0608. The van der Waals surface area contributed by atoms with E-state index in [1.165, 1.54) is 37.8 Å². The molecule has 1 aromatic carbocycles. The predicted octanol–water partition coefficient (Wildman–Crippen LogP) is 4.83. The molecule has 1 unspecified atom stereocenters. The quantitative estimate of drug-likeness (QED) is 0.833. The fourth-order valence-electron chi connectivity index (χ4n) is 3.18. The van der Waals surface area contributed by atoms with Crippen molar-refractivity contribution in [3.63, 3.8) is 0 Å². The Morgan fingerprint density at radius 1 is 1.00 bits per heavy atom. The number of halogens is 2. The topological polar surface area (TPSA) is 12.0 Å². The second-order valence-corrected chi connectivity index (χ2v) is 6.42. The van der Waals surface area contributed by atoms with Crippen LogP contribution in [0.3, 0.4) is 0 Å². The van der Waals surface area contributed by atoms with E-state index in [0.29, 0.717) is 6.04 Å². The summed E-state index contributed by atoms with van der Waals surface area (Å²) >= 11 is 0. The van der Waals surface area contributed by atoms with Gasteiger partial charge in [-0.15, -0.1) is 0 Å². The van der Waals surface area contributed by atoms with E-state index < -0.39 is 11.6 Å². The molecule has 1 aliphatic carbocycles. The third-order valence-corrected chi connectivity index (χ3v) is 4.64. The summed E-state index contributed by atoms with van der Waals surface area (Å²) in [5, 5.41) is 3.55. The third kappa shape index (κ3) is 3.78. The van der Waals surface area contributed by atoms with E-state index in [2.05, 4.69) is 19.2 Å². The van der Waals surface area contributed by atoms with Crippen LogP contribution in [0.25, 0.3) is 0 Å². The van der Waals surface area contributed by atoms with Gasteiger partial charge in [-0.05, 0) is 62.1 Å². The zero-order valence-corrected chi connectivity index (χ0v) is 12.6. The maximum Gasteiger partial charge on any atom is 0.159 e. The molecule has 0 heterocycles. The van der Waals surface area contributed by atoms with E-state index >= 15 is 0 Å². The standard InChI is InChI=1S/C17H25F2N/c1-11(2)13-4-7-15(8-5-13)20-12(3)14-6-9-16(18)17(19)10-14/h6,9-13,15,20H,4-5,7-8H2,1-3H3. The van der Waals surface area contributed by atoms with E-state index in [1.54, 1.807) is 6.07 Å². The first-order chi connectivity index (χ1) is 9.47. The molecule has 3 heteroatoms. The molecule has 0 spiro atoms. The van der Waals surface area contributed by atoms with Gasteiger partial charge < -0.3 is 5.32 Å². The van der Waals surface area contributed by atoms with Crippen LogP contribution in [0.2, 0.25) is 0 Å². The van der Waals surface area contributed by atoms with Gasteiger partial charge in [0.25, 0.3) is 0 Å². The van der Waals surface area contributed by atoms with Crippen LogP contribution in [0.1, 0.15) is 58.1 Å². The van der Waals surface area contributed by atoms with E-state index in [-0.39, 0.29) is 6.04 Å². The molecule has 20 heavy (non-hydrogen) atoms. The van der Waals surface area contributed by atoms with Crippen molar-refractivity contribution in [2.45, 2.75) is 58.5 Å². The van der Waals surface area contributed by atoms with Gasteiger partial charge in [-0.3, -0.25) is 0 Å². The van der Waals surface area contributed by atoms with Gasteiger partial charge in [0.15, 0.2) is 11.6 Å². The van der Waals surface area contributed by atoms with Crippen LogP contribution >= 0.6 is 0 Å². The molecule has 0 amide bonds. The molecule has 0 aromatic heterocycles. The van der Waals surface area contributed by atoms with Gasteiger partial charge in [0, 0.05) is 12.1 Å². The zero-order valence-electron chi connectivity index (χ0n) is 12.6. The van der Waals surface area contributed by atoms with Gasteiger partial charge in [-0.2, -0.15) is 0 Å². The summed E-state index contributed by atoms with van der Waals surface area (Å²) < 4.78 is 26.2. The monoisotopic (exact) mass is 281 g/mol. The molecule has 0 radical (unpaired) electrons. The lowest BCUT2D eigenvalue weighted by atomic mass is 9.79. The first-order valence-electron chi connectivity index (χ1n) is 7.68. The van der Waals surface area contributed by atoms with Crippen LogP contribution in [0.4, 0.5) is 8.78 Å². The molecular weight excluding hydrogens is 256 g/mol. The Morgan fingerprint density at radius 2 is 1.65 bits per heavy atom. The lowest BCUT2D eigenvalue weighted by Gasteiger charge is -2.33. The summed E-state index contributed by atoms with van der Waals surface area (Å²) in [7, 11) is 0. The Hall–Kier alpha value is -0.960. The highest BCUT2D eigenvalue weighted by Gasteiger charge is 2.24. The van der Waals surface area contributed by atoms with Crippen LogP contribution in [0.5, 0.6) is 0 Å². The Labute approximate surface area is 120 Å². The molecule has 112 valence electrons. The highest BCUT2D eigenvalue weighted by Crippen LogP contribution is 2.31. The van der Waals surface area contributed by atoms with E-state index in [4.69, 9.17) is 0 Å². The smallest absolute Gasteiger partial charge is 0.159 e. The second kappa shape index (κ2) is 6.66. The molecule has 1 aromatic rings. The first-order valence-corrected chi connectivity index (χ1v) is 7.68. The van der Waals surface area contributed by atoms with Crippen LogP contribution in [-0.4, -0.2) is 6.04 Å². The Morgan fingerprint density at radius 3 is 2.20 bits per heavy atom. The van der Waals surface area contributed by atoms with Crippen LogP contribution in [0, 0.1) is 23.5 Å². The number of rotatable bonds is 4. The summed E-state index contributed by atoms with van der Waals surface area (Å²) in [5.41, 5.74) is 0.815. The lowest BCUT2D eigenvalue weighted by Crippen LogP contribution is -2.35. The van der Waals surface area contributed by atoms with Crippen molar-refractivity contribution in [1.29, 1.82) is 0 Å². The van der Waals surface area contributed by atoms with Crippen LogP contribution < -0.4 is 5.32 Å². The predicted molar refractivity (Wildman–Crippen MR) is 78.5 cm³/mol. The fourth-order valence-corrected chi connectivity index (χ4v) is 3.18. The molecule has 1 saturated carbocycles. The third-order valence-electron chi connectivity index (χ3n) is 4.64. The highest BCUT2D eigenvalue weighted by molar-refractivity contribution is 5.20. The summed E-state index contributed by atoms with van der Waals surface area (Å²) in [6, 6.07) is 4.72. The maximum absolute atomic E-state index is 13.3. The van der Waals surface area contributed by atoms with Crippen molar-refractivity contribution in [3.8, 4) is 0 Å². The minimum Gasteiger partial charge on any atom is -0.307 e. The Bertz CT molecular complexity index is 437. The van der Waals surface area contributed by atoms with Crippen molar-refractivity contribution in [3.05, 3.63) is 35.4 Å². The van der Waals surface area contributed by atoms with Crippen LogP contribution in [0.15, 0.2) is 18.2 Å². The molecule has 1 nitrogen and oxygen atoms in total. The highest BCUT2D eigenvalue weighted by atomic mass is 19.2. The number of benzene rings is 1. The van der Waals surface area contributed by atoms with Crippen molar-refractivity contribution in [2.24, 2.45) is 11.8 Å². The SMILES string of the molecule is CC(NC1CCC(C(C)C)CC1)c1ccc(F)c(F)c1. The largest absolute Gasteiger partial charge is 0.307 e. The van der Waals surface area contributed by atoms with Crippen molar-refractivity contribution in [2.75, 3.05) is 0 Å². The zero-order chi connectivity index (χ0) is 14.7. The number of hydrogen-bond acceptors (Lipinski definition) is 1. The molecule has 0 saturated heterocycles.